The summed E-state index contributed by atoms with van der Waals surface area (Å²) in [4.78, 5) is 4.55. The molecule has 0 spiro atoms. The molecule has 0 unspecified atom stereocenters. The van der Waals surface area contributed by atoms with Crippen LogP contribution in [0.25, 0.3) is 11.0 Å². The van der Waals surface area contributed by atoms with E-state index in [1.807, 2.05) is 31.2 Å². The van der Waals surface area contributed by atoms with Gasteiger partial charge in [0.05, 0.1) is 17.6 Å². The molecule has 1 aromatic carbocycles. The maximum Gasteiger partial charge on any atom is 0.126 e. The third-order valence-electron chi connectivity index (χ3n) is 2.75. The summed E-state index contributed by atoms with van der Waals surface area (Å²) in [6.45, 7) is 2.92. The highest BCUT2D eigenvalue weighted by Gasteiger charge is 2.11. The van der Waals surface area contributed by atoms with Crippen LogP contribution in [0.2, 0.25) is 0 Å². The lowest BCUT2D eigenvalue weighted by Crippen LogP contribution is -2.30. The Bertz CT molecular complexity index is 578. The second-order valence-corrected chi connectivity index (χ2v) is 3.85. The van der Waals surface area contributed by atoms with Crippen molar-refractivity contribution >= 4 is 11.0 Å². The van der Waals surface area contributed by atoms with Crippen LogP contribution < -0.4 is 5.01 Å². The molecule has 0 bridgehead atoms. The molecule has 0 radical (unpaired) electrons. The second-order valence-electron chi connectivity index (χ2n) is 3.85. The molecule has 3 nitrogen and oxygen atoms in total. The van der Waals surface area contributed by atoms with Gasteiger partial charge in [-0.1, -0.05) is 24.3 Å². The number of nitrogens with zero attached hydrogens (tertiary/aromatic N) is 3. The molecule has 2 aromatic rings. The van der Waals surface area contributed by atoms with Gasteiger partial charge >= 0.3 is 0 Å². The Hall–Kier alpha value is -2.03. The molecule has 16 heavy (non-hydrogen) atoms. The van der Waals surface area contributed by atoms with Gasteiger partial charge in [-0.05, 0) is 25.1 Å². The molecule has 1 aromatic heterocycles. The first-order chi connectivity index (χ1) is 7.86. The third kappa shape index (κ3) is 1.33. The number of hydrogen-bond acceptors (Lipinski definition) is 2. The number of allylic oxidation sites excluding steroid dienone is 2. The molecule has 0 N–H and O–H groups in total. The van der Waals surface area contributed by atoms with Gasteiger partial charge in [0.2, 0.25) is 0 Å². The SMILES string of the molecule is Cc1nc2ccccc2n1N1C=CC=CC1. The zero-order valence-electron chi connectivity index (χ0n) is 9.17. The summed E-state index contributed by atoms with van der Waals surface area (Å²) in [6.07, 6.45) is 8.30. The minimum Gasteiger partial charge on any atom is -0.283 e. The number of imidazole rings is 1. The van der Waals surface area contributed by atoms with Crippen LogP contribution in [0.15, 0.2) is 48.7 Å². The molecule has 0 aliphatic carbocycles. The number of hydrogen-bond donors (Lipinski definition) is 0. The number of rotatable bonds is 1. The third-order valence-corrected chi connectivity index (χ3v) is 2.75. The largest absolute Gasteiger partial charge is 0.283 e. The highest BCUT2D eigenvalue weighted by molar-refractivity contribution is 5.76. The van der Waals surface area contributed by atoms with Crippen molar-refractivity contribution in [3.63, 3.8) is 0 Å². The van der Waals surface area contributed by atoms with E-state index in [9.17, 15) is 0 Å². The van der Waals surface area contributed by atoms with Crippen molar-refractivity contribution in [1.29, 1.82) is 0 Å². The molecular formula is C13H13N3. The quantitative estimate of drug-likeness (QED) is 0.722. The summed E-state index contributed by atoms with van der Waals surface area (Å²) in [5, 5.41) is 2.16. The minimum absolute atomic E-state index is 0.887. The number of benzene rings is 1. The van der Waals surface area contributed by atoms with Crippen molar-refractivity contribution in [2.45, 2.75) is 6.92 Å². The van der Waals surface area contributed by atoms with Gasteiger partial charge in [-0.25, -0.2) is 9.66 Å². The van der Waals surface area contributed by atoms with E-state index in [4.69, 9.17) is 0 Å². The Morgan fingerprint density at radius 1 is 1.19 bits per heavy atom. The Morgan fingerprint density at radius 2 is 2.06 bits per heavy atom. The van der Waals surface area contributed by atoms with Gasteiger partial charge in [-0.3, -0.25) is 5.01 Å². The first kappa shape index (κ1) is 9.21. The van der Waals surface area contributed by atoms with Gasteiger partial charge in [0, 0.05) is 6.20 Å². The van der Waals surface area contributed by atoms with Crippen LogP contribution in [0.4, 0.5) is 0 Å². The van der Waals surface area contributed by atoms with E-state index in [1.54, 1.807) is 0 Å². The predicted octanol–water partition coefficient (Wildman–Crippen LogP) is 2.37. The molecular weight excluding hydrogens is 198 g/mol. The lowest BCUT2D eigenvalue weighted by atomic mass is 10.3. The van der Waals surface area contributed by atoms with Gasteiger partial charge in [-0.15, -0.1) is 0 Å². The van der Waals surface area contributed by atoms with Crippen LogP contribution in [0.5, 0.6) is 0 Å². The van der Waals surface area contributed by atoms with Crippen molar-refractivity contribution in [3.8, 4) is 0 Å². The van der Waals surface area contributed by atoms with E-state index in [0.29, 0.717) is 0 Å². The average molecular weight is 211 g/mol. The summed E-state index contributed by atoms with van der Waals surface area (Å²) in [6, 6.07) is 8.21. The summed E-state index contributed by atoms with van der Waals surface area (Å²) >= 11 is 0. The summed E-state index contributed by atoms with van der Waals surface area (Å²) < 4.78 is 2.15. The zero-order valence-corrected chi connectivity index (χ0v) is 9.17. The fourth-order valence-corrected chi connectivity index (χ4v) is 2.06. The normalized spacial score (nSPS) is 14.9. The van der Waals surface area contributed by atoms with E-state index in [-0.39, 0.29) is 0 Å². The topological polar surface area (TPSA) is 21.1 Å². The van der Waals surface area contributed by atoms with Crippen molar-refractivity contribution < 1.29 is 0 Å². The second kappa shape index (κ2) is 3.52. The maximum atomic E-state index is 4.55. The number of aryl methyl sites for hydroxylation is 1. The number of fused-ring (bicyclic) bond motifs is 1. The summed E-state index contributed by atoms with van der Waals surface area (Å²) in [7, 11) is 0. The van der Waals surface area contributed by atoms with Crippen LogP contribution in [-0.2, 0) is 0 Å². The van der Waals surface area contributed by atoms with Gasteiger partial charge in [-0.2, -0.15) is 0 Å². The Balaban J connectivity index is 2.18. The molecule has 2 heterocycles. The van der Waals surface area contributed by atoms with E-state index in [0.717, 1.165) is 23.4 Å². The molecule has 1 aliphatic heterocycles. The van der Waals surface area contributed by atoms with Gasteiger partial charge in [0.25, 0.3) is 0 Å². The first-order valence-corrected chi connectivity index (χ1v) is 5.40. The zero-order chi connectivity index (χ0) is 11.0. The van der Waals surface area contributed by atoms with E-state index >= 15 is 0 Å². The highest BCUT2D eigenvalue weighted by Crippen LogP contribution is 2.16. The monoisotopic (exact) mass is 211 g/mol. The molecule has 0 atom stereocenters. The fourth-order valence-electron chi connectivity index (χ4n) is 2.06. The maximum absolute atomic E-state index is 4.55. The summed E-state index contributed by atoms with van der Waals surface area (Å²) in [5.41, 5.74) is 2.20. The van der Waals surface area contributed by atoms with Crippen LogP contribution >= 0.6 is 0 Å². The van der Waals surface area contributed by atoms with Gasteiger partial charge in [0.1, 0.15) is 5.82 Å². The van der Waals surface area contributed by atoms with Crippen molar-refractivity contribution in [2.75, 3.05) is 11.6 Å². The minimum atomic E-state index is 0.887. The lowest BCUT2D eigenvalue weighted by molar-refractivity contribution is 0.717. The average Bonchev–Trinajstić information content (AvgIpc) is 2.66. The molecule has 0 amide bonds. The molecule has 80 valence electrons. The summed E-state index contributed by atoms with van der Waals surface area (Å²) in [5.74, 6) is 1.01. The van der Waals surface area contributed by atoms with Crippen molar-refractivity contribution in [1.82, 2.24) is 9.66 Å². The van der Waals surface area contributed by atoms with Gasteiger partial charge in [0.15, 0.2) is 0 Å². The predicted molar refractivity (Wildman–Crippen MR) is 65.8 cm³/mol. The molecule has 3 rings (SSSR count). The van der Waals surface area contributed by atoms with E-state index in [1.165, 1.54) is 0 Å². The molecule has 0 fully saturated rings. The fraction of sp³-hybridized carbons (Fsp3) is 0.154. The van der Waals surface area contributed by atoms with E-state index in [2.05, 4.69) is 39.1 Å². The molecule has 0 saturated heterocycles. The van der Waals surface area contributed by atoms with Crippen molar-refractivity contribution in [2.24, 2.45) is 0 Å². The van der Waals surface area contributed by atoms with Crippen LogP contribution in [-0.4, -0.2) is 16.2 Å². The Labute approximate surface area is 94.3 Å². The molecule has 0 saturated carbocycles. The van der Waals surface area contributed by atoms with E-state index < -0.39 is 0 Å². The first-order valence-electron chi connectivity index (χ1n) is 5.40. The Morgan fingerprint density at radius 3 is 2.88 bits per heavy atom. The standard InChI is InChI=1S/C13H13N3/c1-11-14-12-7-3-4-8-13(12)16(11)15-9-5-2-6-10-15/h2-9H,10H2,1H3. The Kier molecular flexibility index (Phi) is 2.03. The number of aromatic nitrogens is 2. The smallest absolute Gasteiger partial charge is 0.126 e. The number of para-hydroxylation sites is 2. The molecule has 3 heteroatoms. The van der Waals surface area contributed by atoms with Gasteiger partial charge < -0.3 is 0 Å². The van der Waals surface area contributed by atoms with Crippen LogP contribution in [0.1, 0.15) is 5.82 Å². The highest BCUT2D eigenvalue weighted by atomic mass is 15.6. The van der Waals surface area contributed by atoms with Crippen molar-refractivity contribution in [3.05, 3.63) is 54.5 Å². The molecule has 1 aliphatic rings. The lowest BCUT2D eigenvalue weighted by Gasteiger charge is -2.23. The van der Waals surface area contributed by atoms with Crippen LogP contribution in [0, 0.1) is 6.92 Å². The van der Waals surface area contributed by atoms with Crippen LogP contribution in [0.3, 0.4) is 0 Å².